The third-order valence-corrected chi connectivity index (χ3v) is 10.4. The molecule has 0 bridgehead atoms. The first-order chi connectivity index (χ1) is 14.6. The maximum atomic E-state index is 13.8. The first kappa shape index (κ1) is 20.0. The van der Waals surface area contributed by atoms with Gasteiger partial charge in [-0.15, -0.1) is 15.0 Å². The highest BCUT2D eigenvalue weighted by Gasteiger charge is 2.36. The van der Waals surface area contributed by atoms with Crippen molar-refractivity contribution < 1.29 is 8.42 Å². The number of thiazole rings is 1. The fraction of sp³-hybridized carbons (Fsp3) is 0.261. The molecule has 7 heteroatoms. The Balaban J connectivity index is 1.59. The molecule has 0 radical (unpaired) electrons. The monoisotopic (exact) mass is 454 g/mol. The van der Waals surface area contributed by atoms with E-state index in [2.05, 4.69) is 23.2 Å². The SMILES string of the molecule is O=S(=O)(c1nc2ccccc2s1)N(Sc1cccc2ccccc12)C1CCCCC1. The highest BCUT2D eigenvalue weighted by molar-refractivity contribution is 8.09. The van der Waals surface area contributed by atoms with Crippen molar-refractivity contribution in [2.45, 2.75) is 47.4 Å². The molecule has 3 aromatic carbocycles. The zero-order valence-corrected chi connectivity index (χ0v) is 18.8. The molecular formula is C23H22N2O2S3. The van der Waals surface area contributed by atoms with Crippen molar-refractivity contribution in [1.29, 1.82) is 0 Å². The summed E-state index contributed by atoms with van der Waals surface area (Å²) in [6.07, 6.45) is 5.08. The van der Waals surface area contributed by atoms with E-state index in [4.69, 9.17) is 0 Å². The molecule has 5 rings (SSSR count). The van der Waals surface area contributed by atoms with E-state index in [0.29, 0.717) is 0 Å². The van der Waals surface area contributed by atoms with Crippen LogP contribution in [0.4, 0.5) is 0 Å². The van der Waals surface area contributed by atoms with Crippen LogP contribution in [0, 0.1) is 0 Å². The number of hydrogen-bond donors (Lipinski definition) is 0. The molecule has 0 aliphatic heterocycles. The molecule has 1 fully saturated rings. The first-order valence-electron chi connectivity index (χ1n) is 10.2. The van der Waals surface area contributed by atoms with Gasteiger partial charge in [0.1, 0.15) is 0 Å². The van der Waals surface area contributed by atoms with Crippen molar-refractivity contribution in [2.75, 3.05) is 0 Å². The van der Waals surface area contributed by atoms with E-state index in [-0.39, 0.29) is 10.4 Å². The van der Waals surface area contributed by atoms with E-state index in [0.717, 1.165) is 51.6 Å². The third kappa shape index (κ3) is 3.75. The van der Waals surface area contributed by atoms with Crippen LogP contribution in [0.1, 0.15) is 32.1 Å². The van der Waals surface area contributed by atoms with Gasteiger partial charge in [-0.3, -0.25) is 0 Å². The van der Waals surface area contributed by atoms with Crippen molar-refractivity contribution in [2.24, 2.45) is 0 Å². The second kappa shape index (κ2) is 8.30. The van der Waals surface area contributed by atoms with Crippen LogP contribution in [0.3, 0.4) is 0 Å². The minimum Gasteiger partial charge on any atom is -0.224 e. The Labute approximate surface area is 185 Å². The normalized spacial score (nSPS) is 15.9. The Kier molecular flexibility index (Phi) is 5.54. The second-order valence-corrected chi connectivity index (χ2v) is 11.8. The van der Waals surface area contributed by atoms with Crippen LogP contribution in [0.5, 0.6) is 0 Å². The van der Waals surface area contributed by atoms with Crippen LogP contribution in [-0.2, 0) is 10.0 Å². The van der Waals surface area contributed by atoms with Gasteiger partial charge in [0.2, 0.25) is 4.34 Å². The number of rotatable bonds is 5. The predicted molar refractivity (Wildman–Crippen MR) is 125 cm³/mol. The minimum atomic E-state index is -3.73. The molecular weight excluding hydrogens is 432 g/mol. The summed E-state index contributed by atoms with van der Waals surface area (Å²) >= 11 is 2.61. The Morgan fingerprint density at radius 1 is 0.900 bits per heavy atom. The van der Waals surface area contributed by atoms with E-state index in [1.807, 2.05) is 48.5 Å². The summed E-state index contributed by atoms with van der Waals surface area (Å²) < 4.78 is 30.3. The van der Waals surface area contributed by atoms with Gasteiger partial charge in [-0.1, -0.05) is 67.8 Å². The zero-order chi connectivity index (χ0) is 20.6. The maximum absolute atomic E-state index is 13.8. The van der Waals surface area contributed by atoms with E-state index < -0.39 is 10.0 Å². The Bertz CT molecular complexity index is 1260. The van der Waals surface area contributed by atoms with Crippen molar-refractivity contribution in [1.82, 2.24) is 8.69 Å². The average molecular weight is 455 g/mol. The van der Waals surface area contributed by atoms with Crippen LogP contribution in [0.2, 0.25) is 0 Å². The highest BCUT2D eigenvalue weighted by Crippen LogP contribution is 2.40. The molecule has 1 aromatic heterocycles. The lowest BCUT2D eigenvalue weighted by Crippen LogP contribution is -2.36. The maximum Gasteiger partial charge on any atom is 0.280 e. The summed E-state index contributed by atoms with van der Waals surface area (Å²) in [7, 11) is -3.73. The molecule has 0 N–H and O–H groups in total. The summed E-state index contributed by atoms with van der Waals surface area (Å²) in [4.78, 5) is 5.44. The fourth-order valence-electron chi connectivity index (χ4n) is 4.02. The van der Waals surface area contributed by atoms with Crippen LogP contribution in [-0.4, -0.2) is 23.2 Å². The van der Waals surface area contributed by atoms with Crippen LogP contribution < -0.4 is 0 Å². The van der Waals surface area contributed by atoms with Crippen LogP contribution in [0.15, 0.2) is 76.0 Å². The molecule has 1 heterocycles. The number of nitrogens with zero attached hydrogens (tertiary/aromatic N) is 2. The number of sulfonamides is 1. The topological polar surface area (TPSA) is 50.3 Å². The summed E-state index contributed by atoms with van der Waals surface area (Å²) in [5.41, 5.74) is 0.736. The molecule has 4 nitrogen and oxygen atoms in total. The van der Waals surface area contributed by atoms with Crippen molar-refractivity contribution in [3.05, 3.63) is 66.7 Å². The van der Waals surface area contributed by atoms with Crippen LogP contribution in [0.25, 0.3) is 21.0 Å². The summed E-state index contributed by atoms with van der Waals surface area (Å²) in [5.74, 6) is 0. The quantitative estimate of drug-likeness (QED) is 0.324. The molecule has 1 aliphatic rings. The first-order valence-corrected chi connectivity index (χ1v) is 13.2. The van der Waals surface area contributed by atoms with Crippen molar-refractivity contribution in [3.8, 4) is 0 Å². The molecule has 0 saturated heterocycles. The smallest absolute Gasteiger partial charge is 0.224 e. The number of para-hydroxylation sites is 1. The number of hydrogen-bond acceptors (Lipinski definition) is 5. The molecule has 1 aliphatic carbocycles. The summed E-state index contributed by atoms with van der Waals surface area (Å²) in [5, 5.41) is 2.19. The Hall–Kier alpha value is -1.93. The molecule has 0 spiro atoms. The fourth-order valence-corrected chi connectivity index (χ4v) is 8.59. The lowest BCUT2D eigenvalue weighted by atomic mass is 9.96. The van der Waals surface area contributed by atoms with Gasteiger partial charge in [0.25, 0.3) is 10.0 Å². The lowest BCUT2D eigenvalue weighted by Gasteiger charge is -2.31. The molecule has 4 aromatic rings. The highest BCUT2D eigenvalue weighted by atomic mass is 32.3. The van der Waals surface area contributed by atoms with Crippen molar-refractivity contribution >= 4 is 54.3 Å². The van der Waals surface area contributed by atoms with Gasteiger partial charge in [-0.2, -0.15) is 0 Å². The standard InChI is InChI=1S/C23H22N2O2S3/c26-30(27,23-24-20-14-6-7-15-22(20)28-23)25(18-11-2-1-3-12-18)29-21-16-8-10-17-9-4-5-13-19(17)21/h4-10,13-16,18H,1-3,11-12H2. The summed E-state index contributed by atoms with van der Waals surface area (Å²) in [6, 6.07) is 21.8. The van der Waals surface area contributed by atoms with E-state index >= 15 is 0 Å². The second-order valence-electron chi connectivity index (χ2n) is 7.57. The van der Waals surface area contributed by atoms with E-state index in [1.165, 1.54) is 29.7 Å². The van der Waals surface area contributed by atoms with Gasteiger partial charge in [0.15, 0.2) is 0 Å². The number of aromatic nitrogens is 1. The minimum absolute atomic E-state index is 0.0141. The molecule has 30 heavy (non-hydrogen) atoms. The molecule has 0 amide bonds. The molecule has 0 atom stereocenters. The molecule has 0 unspecified atom stereocenters. The van der Waals surface area contributed by atoms with Gasteiger partial charge in [0, 0.05) is 10.9 Å². The van der Waals surface area contributed by atoms with Gasteiger partial charge in [0.05, 0.1) is 10.2 Å². The predicted octanol–water partition coefficient (Wildman–Crippen LogP) is 6.48. The van der Waals surface area contributed by atoms with E-state index in [9.17, 15) is 8.42 Å². The average Bonchev–Trinajstić information content (AvgIpc) is 3.23. The van der Waals surface area contributed by atoms with Crippen molar-refractivity contribution in [3.63, 3.8) is 0 Å². The number of benzene rings is 3. The van der Waals surface area contributed by atoms with Gasteiger partial charge >= 0.3 is 0 Å². The largest absolute Gasteiger partial charge is 0.280 e. The van der Waals surface area contributed by atoms with Gasteiger partial charge in [-0.05, 0) is 53.8 Å². The Morgan fingerprint density at radius 3 is 2.47 bits per heavy atom. The van der Waals surface area contributed by atoms with E-state index in [1.54, 1.807) is 3.71 Å². The summed E-state index contributed by atoms with van der Waals surface area (Å²) in [6.45, 7) is 0. The van der Waals surface area contributed by atoms with Gasteiger partial charge < -0.3 is 0 Å². The zero-order valence-electron chi connectivity index (χ0n) is 16.4. The van der Waals surface area contributed by atoms with Gasteiger partial charge in [-0.25, -0.2) is 13.4 Å². The van der Waals surface area contributed by atoms with Crippen LogP contribution >= 0.6 is 23.3 Å². The molecule has 1 saturated carbocycles. The number of fused-ring (bicyclic) bond motifs is 2. The Morgan fingerprint density at radius 2 is 1.63 bits per heavy atom. The molecule has 154 valence electrons. The lowest BCUT2D eigenvalue weighted by molar-refractivity contribution is 0.345. The third-order valence-electron chi connectivity index (χ3n) is 5.54.